The van der Waals surface area contributed by atoms with Gasteiger partial charge in [0.25, 0.3) is 0 Å². The molecule has 3 heterocycles. The summed E-state index contributed by atoms with van der Waals surface area (Å²) in [5.74, 6) is -0.0935. The molecule has 0 saturated carbocycles. The molecule has 0 aliphatic carbocycles. The molecular weight excluding hydrogens is 487 g/mol. The Hall–Kier alpha value is -4.35. The highest BCUT2D eigenvalue weighted by Crippen LogP contribution is 2.30. The van der Waals surface area contributed by atoms with Crippen LogP contribution in [0.15, 0.2) is 61.2 Å². The van der Waals surface area contributed by atoms with E-state index in [1.165, 1.54) is 4.90 Å². The second-order valence-corrected chi connectivity index (χ2v) is 9.19. The van der Waals surface area contributed by atoms with Gasteiger partial charge in [0.2, 0.25) is 5.91 Å². The molecule has 4 aromatic rings. The number of anilines is 1. The fourth-order valence-electron chi connectivity index (χ4n) is 3.97. The molecule has 0 aliphatic heterocycles. The number of likely N-dealkylation sites (N-methyl/N-ethyl adjacent to an activating group) is 1. The lowest BCUT2D eigenvalue weighted by molar-refractivity contribution is -0.137. The van der Waals surface area contributed by atoms with Gasteiger partial charge in [-0.3, -0.25) is 13.9 Å². The monoisotopic (exact) mass is 513 g/mol. The number of aromatic nitrogens is 4. The maximum atomic E-state index is 12.6. The van der Waals surface area contributed by atoms with E-state index in [9.17, 15) is 22.8 Å². The number of alkyl halides is 3. The summed E-state index contributed by atoms with van der Waals surface area (Å²) in [6.45, 7) is 2.17. The lowest BCUT2D eigenvalue weighted by Gasteiger charge is -2.27. The molecule has 2 N–H and O–H groups in total. The van der Waals surface area contributed by atoms with E-state index in [1.54, 1.807) is 74.7 Å². The molecule has 0 spiro atoms. The molecule has 3 amide bonds. The Morgan fingerprint density at radius 1 is 1.05 bits per heavy atom. The van der Waals surface area contributed by atoms with E-state index in [1.807, 2.05) is 28.8 Å². The zero-order valence-corrected chi connectivity index (χ0v) is 20.7. The van der Waals surface area contributed by atoms with Gasteiger partial charge in [0.05, 0.1) is 18.1 Å². The number of fused-ring (bicyclic) bond motifs is 1. The third kappa shape index (κ3) is 5.42. The summed E-state index contributed by atoms with van der Waals surface area (Å²) in [4.78, 5) is 30.6. The minimum Gasteiger partial charge on any atom is -0.347 e. The minimum absolute atomic E-state index is 0.0935. The number of benzene rings is 1. The van der Waals surface area contributed by atoms with Crippen LogP contribution in [0.25, 0.3) is 28.0 Å². The largest absolute Gasteiger partial charge is 0.405 e. The normalized spacial score (nSPS) is 12.0. The van der Waals surface area contributed by atoms with E-state index in [0.717, 1.165) is 11.1 Å². The van der Waals surface area contributed by atoms with Crippen LogP contribution in [0, 0.1) is 0 Å². The van der Waals surface area contributed by atoms with E-state index in [4.69, 9.17) is 0 Å². The highest BCUT2D eigenvalue weighted by molar-refractivity contribution is 5.90. The number of carbonyl (C=O) groups is 2. The SMILES string of the molecule is CN(C)C(=O)C(C)(C)n1cc(-c2cccn3c(-c4cccc(NC(=O)NCC(F)(F)F)c4)cnc23)cn1. The molecule has 0 fully saturated rings. The highest BCUT2D eigenvalue weighted by atomic mass is 19.4. The Balaban J connectivity index is 1.63. The molecular formula is C25H26F3N7O2. The van der Waals surface area contributed by atoms with Gasteiger partial charge in [0.15, 0.2) is 0 Å². The number of halogens is 3. The van der Waals surface area contributed by atoms with Crippen LogP contribution in [0.2, 0.25) is 0 Å². The molecule has 0 atom stereocenters. The number of pyridine rings is 1. The zero-order valence-electron chi connectivity index (χ0n) is 20.7. The van der Waals surface area contributed by atoms with Crippen LogP contribution in [0.4, 0.5) is 23.7 Å². The standard InChI is InChI=1S/C25H26F3N7O2/c1-24(2,22(36)33(3)4)35-14-17(12-31-35)19-9-6-10-34-20(13-29-21(19)34)16-7-5-8-18(11-16)32-23(37)30-15-25(26,27)28/h5-14H,15H2,1-4H3,(H2,30,32,37). The van der Waals surface area contributed by atoms with Gasteiger partial charge in [-0.15, -0.1) is 0 Å². The first kappa shape index (κ1) is 25.7. The number of amides is 3. The van der Waals surface area contributed by atoms with E-state index < -0.39 is 24.3 Å². The number of urea groups is 1. The third-order valence-electron chi connectivity index (χ3n) is 5.80. The predicted molar refractivity (Wildman–Crippen MR) is 133 cm³/mol. The minimum atomic E-state index is -4.50. The quantitative estimate of drug-likeness (QED) is 0.400. The second-order valence-electron chi connectivity index (χ2n) is 9.19. The summed E-state index contributed by atoms with van der Waals surface area (Å²) in [7, 11) is 3.39. The van der Waals surface area contributed by atoms with Gasteiger partial charge in [-0.2, -0.15) is 18.3 Å². The van der Waals surface area contributed by atoms with E-state index in [0.29, 0.717) is 22.6 Å². The number of hydrogen-bond donors (Lipinski definition) is 2. The summed E-state index contributed by atoms with van der Waals surface area (Å²) in [6.07, 6.45) is 2.49. The van der Waals surface area contributed by atoms with Crippen molar-refractivity contribution in [1.29, 1.82) is 0 Å². The Bertz CT molecular complexity index is 1450. The molecule has 0 aliphatic rings. The lowest BCUT2D eigenvalue weighted by atomic mass is 10.0. The highest BCUT2D eigenvalue weighted by Gasteiger charge is 2.32. The van der Waals surface area contributed by atoms with Gasteiger partial charge in [-0.25, -0.2) is 9.78 Å². The molecule has 12 heteroatoms. The van der Waals surface area contributed by atoms with Crippen molar-refractivity contribution < 1.29 is 22.8 Å². The van der Waals surface area contributed by atoms with Crippen LogP contribution in [-0.2, 0) is 10.3 Å². The number of hydrogen-bond acceptors (Lipinski definition) is 4. The van der Waals surface area contributed by atoms with Gasteiger partial charge in [-0.05, 0) is 38.1 Å². The van der Waals surface area contributed by atoms with Gasteiger partial charge < -0.3 is 15.5 Å². The maximum Gasteiger partial charge on any atom is 0.405 e. The molecule has 37 heavy (non-hydrogen) atoms. The fourth-order valence-corrected chi connectivity index (χ4v) is 3.97. The Labute approximate surface area is 210 Å². The van der Waals surface area contributed by atoms with E-state index in [-0.39, 0.29) is 5.91 Å². The number of imidazole rings is 1. The topological polar surface area (TPSA) is 96.6 Å². The van der Waals surface area contributed by atoms with Crippen molar-refractivity contribution >= 4 is 23.3 Å². The van der Waals surface area contributed by atoms with Crippen molar-refractivity contribution in [3.63, 3.8) is 0 Å². The first-order valence-corrected chi connectivity index (χ1v) is 11.3. The van der Waals surface area contributed by atoms with Gasteiger partial charge in [0.1, 0.15) is 17.7 Å². The van der Waals surface area contributed by atoms with Crippen LogP contribution in [0.3, 0.4) is 0 Å². The molecule has 3 aromatic heterocycles. The summed E-state index contributed by atoms with van der Waals surface area (Å²) in [5.41, 5.74) is 3.09. The molecule has 0 unspecified atom stereocenters. The van der Waals surface area contributed by atoms with Crippen LogP contribution in [0.1, 0.15) is 13.8 Å². The first-order valence-electron chi connectivity index (χ1n) is 11.3. The number of carbonyl (C=O) groups excluding carboxylic acids is 2. The molecule has 0 radical (unpaired) electrons. The molecule has 194 valence electrons. The lowest BCUT2D eigenvalue weighted by Crippen LogP contribution is -2.44. The van der Waals surface area contributed by atoms with Crippen molar-refractivity contribution in [3.8, 4) is 22.4 Å². The number of nitrogens with one attached hydrogen (secondary N) is 2. The summed E-state index contributed by atoms with van der Waals surface area (Å²) >= 11 is 0. The van der Waals surface area contributed by atoms with Crippen LogP contribution < -0.4 is 10.6 Å². The van der Waals surface area contributed by atoms with Gasteiger partial charge in [-0.1, -0.05) is 12.1 Å². The average Bonchev–Trinajstić information content (AvgIpc) is 3.50. The summed E-state index contributed by atoms with van der Waals surface area (Å²) in [6, 6.07) is 9.52. The first-order chi connectivity index (χ1) is 17.4. The Kier molecular flexibility index (Phi) is 6.68. The van der Waals surface area contributed by atoms with Crippen LogP contribution in [0.5, 0.6) is 0 Å². The number of rotatable bonds is 6. The van der Waals surface area contributed by atoms with Crippen molar-refractivity contribution in [3.05, 3.63) is 61.2 Å². The Morgan fingerprint density at radius 2 is 1.81 bits per heavy atom. The Morgan fingerprint density at radius 3 is 2.51 bits per heavy atom. The van der Waals surface area contributed by atoms with Crippen molar-refractivity contribution in [2.75, 3.05) is 26.0 Å². The molecule has 0 saturated heterocycles. The van der Waals surface area contributed by atoms with Crippen LogP contribution >= 0.6 is 0 Å². The molecule has 0 bridgehead atoms. The van der Waals surface area contributed by atoms with Gasteiger partial charge >= 0.3 is 12.2 Å². The number of nitrogens with zero attached hydrogens (tertiary/aromatic N) is 5. The zero-order chi connectivity index (χ0) is 27.0. The van der Waals surface area contributed by atoms with Crippen LogP contribution in [-0.4, -0.2) is 62.8 Å². The third-order valence-corrected chi connectivity index (χ3v) is 5.80. The summed E-state index contributed by atoms with van der Waals surface area (Å²) < 4.78 is 40.6. The van der Waals surface area contributed by atoms with Crippen molar-refractivity contribution in [2.24, 2.45) is 0 Å². The molecule has 4 rings (SSSR count). The van der Waals surface area contributed by atoms with E-state index in [2.05, 4.69) is 15.4 Å². The predicted octanol–water partition coefficient (Wildman–Crippen LogP) is 4.37. The average molecular weight is 514 g/mol. The fraction of sp³-hybridized carbons (Fsp3) is 0.280. The molecule has 1 aromatic carbocycles. The smallest absolute Gasteiger partial charge is 0.347 e. The van der Waals surface area contributed by atoms with E-state index >= 15 is 0 Å². The second kappa shape index (κ2) is 9.60. The maximum absolute atomic E-state index is 12.6. The van der Waals surface area contributed by atoms with Crippen molar-refractivity contribution in [1.82, 2.24) is 29.4 Å². The van der Waals surface area contributed by atoms with Crippen molar-refractivity contribution in [2.45, 2.75) is 25.6 Å². The summed E-state index contributed by atoms with van der Waals surface area (Å²) in [5, 5.41) is 8.62. The van der Waals surface area contributed by atoms with Gasteiger partial charge in [0, 0.05) is 48.9 Å². The molecule has 9 nitrogen and oxygen atoms in total.